The number of hydrogen-bond donors (Lipinski definition) is 1. The molecule has 2 aliphatic heterocycles. The molecule has 4 heteroatoms. The lowest BCUT2D eigenvalue weighted by molar-refractivity contribution is -0.133. The smallest absolute Gasteiger partial charge is 0.335 e. The van der Waals surface area contributed by atoms with Gasteiger partial charge in [0.1, 0.15) is 24.7 Å². The highest BCUT2D eigenvalue weighted by Gasteiger charge is 2.25. The Morgan fingerprint density at radius 3 is 2.82 bits per heavy atom. The Morgan fingerprint density at radius 2 is 2.00 bits per heavy atom. The number of carboxylic acid groups (broad SMARTS) is 1. The lowest BCUT2D eigenvalue weighted by Gasteiger charge is -2.26. The van der Waals surface area contributed by atoms with Crippen molar-refractivity contribution in [1.82, 2.24) is 0 Å². The van der Waals surface area contributed by atoms with Crippen LogP contribution in [-0.4, -0.2) is 24.3 Å². The van der Waals surface area contributed by atoms with E-state index in [0.717, 1.165) is 22.6 Å². The number of ether oxygens (including phenoxy) is 2. The van der Waals surface area contributed by atoms with Gasteiger partial charge in [0.2, 0.25) is 0 Å². The van der Waals surface area contributed by atoms with Crippen LogP contribution in [0.25, 0.3) is 5.76 Å². The normalized spacial score (nSPS) is 17.3. The molecule has 17 heavy (non-hydrogen) atoms. The number of fused-ring (bicyclic) bond motifs is 2. The number of benzene rings is 1. The summed E-state index contributed by atoms with van der Waals surface area (Å²) in [6.45, 7) is 0.450. The molecule has 0 atom stereocenters. The molecule has 0 saturated carbocycles. The summed E-state index contributed by atoms with van der Waals surface area (Å²) in [6, 6.07) is 7.58. The molecule has 0 fully saturated rings. The molecule has 2 heterocycles. The van der Waals surface area contributed by atoms with Crippen molar-refractivity contribution >= 4 is 11.7 Å². The minimum absolute atomic E-state index is 0.0997. The predicted octanol–water partition coefficient (Wildman–Crippen LogP) is 1.83. The Hall–Kier alpha value is -2.23. The first kappa shape index (κ1) is 9.96. The van der Waals surface area contributed by atoms with Gasteiger partial charge >= 0.3 is 5.97 Å². The van der Waals surface area contributed by atoms with E-state index in [4.69, 9.17) is 14.6 Å². The first-order valence-electron chi connectivity index (χ1n) is 5.28. The number of carbonyl (C=O) groups is 1. The van der Waals surface area contributed by atoms with Crippen LogP contribution in [0.5, 0.6) is 5.75 Å². The van der Waals surface area contributed by atoms with Crippen LogP contribution >= 0.6 is 0 Å². The number of para-hydroxylation sites is 1. The monoisotopic (exact) mass is 230 g/mol. The van der Waals surface area contributed by atoms with Crippen LogP contribution in [-0.2, 0) is 9.53 Å². The maximum absolute atomic E-state index is 10.9. The Balaban J connectivity index is 2.09. The number of carboxylic acids is 1. The molecule has 0 bridgehead atoms. The quantitative estimate of drug-likeness (QED) is 0.799. The van der Waals surface area contributed by atoms with E-state index in [-0.39, 0.29) is 12.2 Å². The van der Waals surface area contributed by atoms with Crippen LogP contribution in [0.3, 0.4) is 0 Å². The SMILES string of the molecule is O=C(O)C1=CC2=C(OC1)c1ccccc1OC2. The van der Waals surface area contributed by atoms with Crippen molar-refractivity contribution in [2.45, 2.75) is 0 Å². The lowest BCUT2D eigenvalue weighted by atomic mass is 10.0. The van der Waals surface area contributed by atoms with E-state index in [9.17, 15) is 4.79 Å². The molecule has 0 aliphatic carbocycles. The standard InChI is InChI=1S/C13H10O4/c14-13(15)9-5-8-6-16-11-4-2-1-3-10(11)12(8)17-7-9/h1-5H,6-7H2,(H,14,15). The maximum atomic E-state index is 10.9. The molecule has 0 aromatic heterocycles. The summed E-state index contributed by atoms with van der Waals surface area (Å²) in [4.78, 5) is 10.9. The van der Waals surface area contributed by atoms with Crippen LogP contribution in [0.2, 0.25) is 0 Å². The molecule has 1 N–H and O–H groups in total. The minimum Gasteiger partial charge on any atom is -0.488 e. The average molecular weight is 230 g/mol. The fourth-order valence-electron chi connectivity index (χ4n) is 1.98. The van der Waals surface area contributed by atoms with Crippen molar-refractivity contribution in [2.24, 2.45) is 0 Å². The highest BCUT2D eigenvalue weighted by atomic mass is 16.5. The topological polar surface area (TPSA) is 55.8 Å². The van der Waals surface area contributed by atoms with Gasteiger partial charge in [0, 0.05) is 5.57 Å². The van der Waals surface area contributed by atoms with Crippen LogP contribution in [0, 0.1) is 0 Å². The third kappa shape index (κ3) is 1.58. The number of aliphatic carboxylic acids is 1. The second-order valence-electron chi connectivity index (χ2n) is 3.90. The van der Waals surface area contributed by atoms with Crippen molar-refractivity contribution in [3.05, 3.63) is 47.1 Å². The molecule has 2 aliphatic rings. The van der Waals surface area contributed by atoms with E-state index in [2.05, 4.69) is 0 Å². The first-order chi connectivity index (χ1) is 8.25. The van der Waals surface area contributed by atoms with Crippen LogP contribution in [0.1, 0.15) is 5.56 Å². The Morgan fingerprint density at radius 1 is 1.18 bits per heavy atom. The zero-order chi connectivity index (χ0) is 11.8. The Labute approximate surface area is 97.8 Å². The largest absolute Gasteiger partial charge is 0.488 e. The fourth-order valence-corrected chi connectivity index (χ4v) is 1.98. The molecule has 1 aromatic rings. The third-order valence-electron chi connectivity index (χ3n) is 2.80. The van der Waals surface area contributed by atoms with Gasteiger partial charge in [0.25, 0.3) is 0 Å². The van der Waals surface area contributed by atoms with Gasteiger partial charge in [-0.05, 0) is 18.2 Å². The first-order valence-corrected chi connectivity index (χ1v) is 5.28. The third-order valence-corrected chi connectivity index (χ3v) is 2.80. The second-order valence-corrected chi connectivity index (χ2v) is 3.90. The van der Waals surface area contributed by atoms with Crippen molar-refractivity contribution in [2.75, 3.05) is 13.2 Å². The molecular formula is C13H10O4. The molecule has 0 amide bonds. The van der Waals surface area contributed by atoms with E-state index in [0.29, 0.717) is 6.61 Å². The zero-order valence-corrected chi connectivity index (χ0v) is 8.97. The van der Waals surface area contributed by atoms with Gasteiger partial charge in [-0.3, -0.25) is 0 Å². The molecule has 1 aromatic carbocycles. The van der Waals surface area contributed by atoms with Gasteiger partial charge in [0.05, 0.1) is 11.1 Å². The van der Waals surface area contributed by atoms with Crippen molar-refractivity contribution in [3.63, 3.8) is 0 Å². The van der Waals surface area contributed by atoms with Crippen molar-refractivity contribution in [3.8, 4) is 5.75 Å². The van der Waals surface area contributed by atoms with Gasteiger partial charge in [0.15, 0.2) is 0 Å². The summed E-state index contributed by atoms with van der Waals surface area (Å²) >= 11 is 0. The molecule has 0 saturated heterocycles. The summed E-state index contributed by atoms with van der Waals surface area (Å²) in [5.74, 6) is 0.561. The average Bonchev–Trinajstić information content (AvgIpc) is 2.38. The molecule has 0 unspecified atom stereocenters. The minimum atomic E-state index is -0.949. The lowest BCUT2D eigenvalue weighted by Crippen LogP contribution is -2.19. The Kier molecular flexibility index (Phi) is 2.14. The summed E-state index contributed by atoms with van der Waals surface area (Å²) in [7, 11) is 0. The number of rotatable bonds is 1. The fraction of sp³-hybridized carbons (Fsp3) is 0.154. The van der Waals surface area contributed by atoms with Crippen LogP contribution < -0.4 is 4.74 Å². The number of hydrogen-bond acceptors (Lipinski definition) is 3. The summed E-state index contributed by atoms with van der Waals surface area (Å²) in [5, 5.41) is 8.91. The van der Waals surface area contributed by atoms with Gasteiger partial charge < -0.3 is 14.6 Å². The Bertz CT molecular complexity index is 554. The second kappa shape index (κ2) is 3.66. The van der Waals surface area contributed by atoms with Gasteiger partial charge in [-0.25, -0.2) is 4.79 Å². The molecule has 3 rings (SSSR count). The zero-order valence-electron chi connectivity index (χ0n) is 8.97. The van der Waals surface area contributed by atoms with E-state index < -0.39 is 5.97 Å². The predicted molar refractivity (Wildman–Crippen MR) is 60.5 cm³/mol. The molecule has 0 radical (unpaired) electrons. The van der Waals surface area contributed by atoms with Crippen LogP contribution in [0.4, 0.5) is 0 Å². The van der Waals surface area contributed by atoms with Gasteiger partial charge in [-0.2, -0.15) is 0 Å². The van der Waals surface area contributed by atoms with Crippen LogP contribution in [0.15, 0.2) is 41.5 Å². The summed E-state index contributed by atoms with van der Waals surface area (Å²) in [5.41, 5.74) is 1.92. The van der Waals surface area contributed by atoms with Gasteiger partial charge in [-0.15, -0.1) is 0 Å². The van der Waals surface area contributed by atoms with E-state index in [1.54, 1.807) is 6.08 Å². The highest BCUT2D eigenvalue weighted by molar-refractivity contribution is 5.89. The highest BCUT2D eigenvalue weighted by Crippen LogP contribution is 2.36. The maximum Gasteiger partial charge on any atom is 0.335 e. The molecule has 86 valence electrons. The van der Waals surface area contributed by atoms with Crippen molar-refractivity contribution in [1.29, 1.82) is 0 Å². The van der Waals surface area contributed by atoms with E-state index in [1.807, 2.05) is 24.3 Å². The molecule has 0 spiro atoms. The van der Waals surface area contributed by atoms with Gasteiger partial charge in [-0.1, -0.05) is 12.1 Å². The molecular weight excluding hydrogens is 220 g/mol. The van der Waals surface area contributed by atoms with E-state index >= 15 is 0 Å². The summed E-state index contributed by atoms with van der Waals surface area (Å²) in [6.07, 6.45) is 1.64. The van der Waals surface area contributed by atoms with Crippen molar-refractivity contribution < 1.29 is 19.4 Å². The summed E-state index contributed by atoms with van der Waals surface area (Å²) < 4.78 is 11.1. The molecule has 4 nitrogen and oxygen atoms in total. The van der Waals surface area contributed by atoms with E-state index in [1.165, 1.54) is 0 Å².